The third kappa shape index (κ3) is 1.95. The molecule has 1 saturated heterocycles. The second kappa shape index (κ2) is 3.92. The summed E-state index contributed by atoms with van der Waals surface area (Å²) in [7, 11) is 0. The van der Waals surface area contributed by atoms with E-state index in [0.717, 1.165) is 12.2 Å². The molecule has 0 N–H and O–H groups in total. The summed E-state index contributed by atoms with van der Waals surface area (Å²) in [4.78, 5) is 13.1. The largest absolute Gasteiger partial charge is 0.364 e. The zero-order valence-electron chi connectivity index (χ0n) is 8.03. The van der Waals surface area contributed by atoms with Gasteiger partial charge in [-0.1, -0.05) is 11.6 Å². The van der Waals surface area contributed by atoms with Gasteiger partial charge in [-0.05, 0) is 18.2 Å². The molecule has 0 bridgehead atoms. The molecule has 0 spiro atoms. The summed E-state index contributed by atoms with van der Waals surface area (Å²) in [5.41, 5.74) is 1.37. The van der Waals surface area contributed by atoms with E-state index < -0.39 is 0 Å². The Labute approximate surface area is 92.9 Å². The predicted molar refractivity (Wildman–Crippen MR) is 58.0 cm³/mol. The molecule has 2 rings (SSSR count). The fourth-order valence-corrected chi connectivity index (χ4v) is 1.86. The second-order valence-corrected chi connectivity index (χ2v) is 3.89. The predicted octanol–water partition coefficient (Wildman–Crippen LogP) is 1.99. The fourth-order valence-electron chi connectivity index (χ4n) is 1.64. The molecule has 0 atom stereocenters. The molecule has 0 radical (unpaired) electrons. The van der Waals surface area contributed by atoms with Gasteiger partial charge in [-0.3, -0.25) is 4.79 Å². The summed E-state index contributed by atoms with van der Waals surface area (Å²) in [6, 6.07) is 7.24. The molecule has 0 aliphatic carbocycles. The highest BCUT2D eigenvalue weighted by Crippen LogP contribution is 2.25. The molecule has 0 unspecified atom stereocenters. The van der Waals surface area contributed by atoms with E-state index in [2.05, 4.69) is 0 Å². The van der Waals surface area contributed by atoms with Crippen molar-refractivity contribution >= 4 is 23.1 Å². The minimum Gasteiger partial charge on any atom is -0.364 e. The molecule has 15 heavy (non-hydrogen) atoms. The number of halogens is 1. The van der Waals surface area contributed by atoms with Gasteiger partial charge in [0.15, 0.2) is 5.78 Å². The number of nitriles is 1. The quantitative estimate of drug-likeness (QED) is 0.727. The number of carbonyl (C=O) groups excluding carboxylic acids is 1. The van der Waals surface area contributed by atoms with Crippen LogP contribution in [-0.4, -0.2) is 18.9 Å². The van der Waals surface area contributed by atoms with Crippen LogP contribution in [0.25, 0.3) is 0 Å². The highest BCUT2D eigenvalue weighted by Gasteiger charge is 2.19. The lowest BCUT2D eigenvalue weighted by Gasteiger charge is -2.16. The molecule has 1 aliphatic rings. The topological polar surface area (TPSA) is 44.1 Å². The van der Waals surface area contributed by atoms with Crippen molar-refractivity contribution in [2.75, 3.05) is 18.0 Å². The van der Waals surface area contributed by atoms with Crippen LogP contribution in [0.1, 0.15) is 12.0 Å². The zero-order chi connectivity index (χ0) is 10.8. The summed E-state index contributed by atoms with van der Waals surface area (Å²) < 4.78 is 0. The normalized spacial score (nSPS) is 15.5. The number of hydrogen-bond acceptors (Lipinski definition) is 3. The van der Waals surface area contributed by atoms with Crippen LogP contribution in [0.3, 0.4) is 0 Å². The number of anilines is 1. The molecule has 1 aromatic rings. The average Bonchev–Trinajstić information content (AvgIpc) is 2.65. The third-order valence-corrected chi connectivity index (χ3v) is 2.78. The van der Waals surface area contributed by atoms with Crippen LogP contribution in [-0.2, 0) is 4.79 Å². The SMILES string of the molecule is N#Cc1ccc(N2CCC(=O)C2)cc1Cl. The highest BCUT2D eigenvalue weighted by molar-refractivity contribution is 6.32. The van der Waals surface area contributed by atoms with E-state index in [0.29, 0.717) is 23.6 Å². The van der Waals surface area contributed by atoms with Crippen molar-refractivity contribution in [3.8, 4) is 6.07 Å². The van der Waals surface area contributed by atoms with Crippen molar-refractivity contribution in [2.45, 2.75) is 6.42 Å². The number of ketones is 1. The number of carbonyl (C=O) groups is 1. The lowest BCUT2D eigenvalue weighted by Crippen LogP contribution is -2.19. The number of rotatable bonds is 1. The molecular weight excluding hydrogens is 212 g/mol. The maximum absolute atomic E-state index is 11.1. The Hall–Kier alpha value is -1.53. The Balaban J connectivity index is 2.27. The lowest BCUT2D eigenvalue weighted by molar-refractivity contribution is -0.116. The Morgan fingerprint density at radius 3 is 2.80 bits per heavy atom. The highest BCUT2D eigenvalue weighted by atomic mass is 35.5. The fraction of sp³-hybridized carbons (Fsp3) is 0.273. The Morgan fingerprint density at radius 1 is 1.47 bits per heavy atom. The van der Waals surface area contributed by atoms with Gasteiger partial charge in [-0.15, -0.1) is 0 Å². The minimum absolute atomic E-state index is 0.246. The Kier molecular flexibility index (Phi) is 2.61. The minimum atomic E-state index is 0.246. The molecule has 1 aromatic carbocycles. The van der Waals surface area contributed by atoms with Crippen molar-refractivity contribution < 1.29 is 4.79 Å². The van der Waals surface area contributed by atoms with Crippen molar-refractivity contribution in [2.24, 2.45) is 0 Å². The van der Waals surface area contributed by atoms with Crippen LogP contribution in [0.4, 0.5) is 5.69 Å². The third-order valence-electron chi connectivity index (χ3n) is 2.47. The van der Waals surface area contributed by atoms with Crippen molar-refractivity contribution in [3.05, 3.63) is 28.8 Å². The molecule has 1 heterocycles. The molecular formula is C11H9ClN2O. The number of benzene rings is 1. The van der Waals surface area contributed by atoms with Crippen molar-refractivity contribution in [1.82, 2.24) is 0 Å². The summed E-state index contributed by atoms with van der Waals surface area (Å²) in [5.74, 6) is 0.246. The Morgan fingerprint density at radius 2 is 2.27 bits per heavy atom. The first kappa shape index (κ1) is 10.0. The van der Waals surface area contributed by atoms with E-state index >= 15 is 0 Å². The van der Waals surface area contributed by atoms with Gasteiger partial charge in [0.25, 0.3) is 0 Å². The molecule has 0 aromatic heterocycles. The number of nitrogens with zero attached hydrogens (tertiary/aromatic N) is 2. The van der Waals surface area contributed by atoms with Crippen LogP contribution in [0.2, 0.25) is 5.02 Å². The van der Waals surface area contributed by atoms with Gasteiger partial charge in [-0.2, -0.15) is 5.26 Å². The first-order chi connectivity index (χ1) is 7.20. The molecule has 0 amide bonds. The first-order valence-corrected chi connectivity index (χ1v) is 5.05. The van der Waals surface area contributed by atoms with Crippen LogP contribution in [0, 0.1) is 11.3 Å². The smallest absolute Gasteiger partial charge is 0.153 e. The van der Waals surface area contributed by atoms with E-state index in [9.17, 15) is 4.79 Å². The maximum Gasteiger partial charge on any atom is 0.153 e. The molecule has 0 saturated carbocycles. The van der Waals surface area contributed by atoms with Crippen LogP contribution >= 0.6 is 11.6 Å². The lowest BCUT2D eigenvalue weighted by atomic mass is 10.2. The van der Waals surface area contributed by atoms with E-state index in [-0.39, 0.29) is 5.78 Å². The first-order valence-electron chi connectivity index (χ1n) is 4.67. The molecule has 76 valence electrons. The van der Waals surface area contributed by atoms with E-state index in [1.54, 1.807) is 12.1 Å². The van der Waals surface area contributed by atoms with Crippen molar-refractivity contribution in [1.29, 1.82) is 5.26 Å². The standard InChI is InChI=1S/C11H9ClN2O/c12-11-5-9(2-1-8(11)6-13)14-4-3-10(15)7-14/h1-2,5H,3-4,7H2. The molecule has 3 nitrogen and oxygen atoms in total. The summed E-state index contributed by atoms with van der Waals surface area (Å²) >= 11 is 5.91. The number of hydrogen-bond donors (Lipinski definition) is 0. The van der Waals surface area contributed by atoms with E-state index in [1.165, 1.54) is 0 Å². The van der Waals surface area contributed by atoms with Gasteiger partial charge >= 0.3 is 0 Å². The van der Waals surface area contributed by atoms with Crippen LogP contribution in [0.5, 0.6) is 0 Å². The maximum atomic E-state index is 11.1. The van der Waals surface area contributed by atoms with Gasteiger partial charge in [0, 0.05) is 18.7 Å². The monoisotopic (exact) mass is 220 g/mol. The molecule has 1 fully saturated rings. The van der Waals surface area contributed by atoms with Gasteiger partial charge < -0.3 is 4.90 Å². The molecule has 4 heteroatoms. The second-order valence-electron chi connectivity index (χ2n) is 3.49. The van der Waals surface area contributed by atoms with Gasteiger partial charge in [0.05, 0.1) is 17.1 Å². The van der Waals surface area contributed by atoms with Gasteiger partial charge in [-0.25, -0.2) is 0 Å². The van der Waals surface area contributed by atoms with Crippen molar-refractivity contribution in [3.63, 3.8) is 0 Å². The van der Waals surface area contributed by atoms with Gasteiger partial charge in [0.1, 0.15) is 6.07 Å². The van der Waals surface area contributed by atoms with Crippen LogP contribution < -0.4 is 4.90 Å². The zero-order valence-corrected chi connectivity index (χ0v) is 8.79. The van der Waals surface area contributed by atoms with Crippen LogP contribution in [0.15, 0.2) is 18.2 Å². The molecule has 1 aliphatic heterocycles. The van der Waals surface area contributed by atoms with E-state index in [1.807, 2.05) is 17.0 Å². The number of Topliss-reactive ketones (excluding diaryl/α,β-unsaturated/α-hetero) is 1. The summed E-state index contributed by atoms with van der Waals surface area (Å²) in [6.07, 6.45) is 0.595. The average molecular weight is 221 g/mol. The Bertz CT molecular complexity index is 450. The summed E-state index contributed by atoms with van der Waals surface area (Å²) in [6.45, 7) is 1.18. The van der Waals surface area contributed by atoms with E-state index in [4.69, 9.17) is 16.9 Å². The summed E-state index contributed by atoms with van der Waals surface area (Å²) in [5, 5.41) is 9.15. The van der Waals surface area contributed by atoms with Gasteiger partial charge in [0.2, 0.25) is 0 Å².